The zero-order valence-electron chi connectivity index (χ0n) is 21.2. The molecule has 2 aromatic carbocycles. The van der Waals surface area contributed by atoms with Gasteiger partial charge >= 0.3 is 0 Å². The zero-order valence-corrected chi connectivity index (χ0v) is 21.2. The number of carbonyl (C=O) groups is 1. The van der Waals surface area contributed by atoms with Crippen molar-refractivity contribution < 1.29 is 9.53 Å². The first-order chi connectivity index (χ1) is 16.5. The van der Waals surface area contributed by atoms with Gasteiger partial charge in [-0.2, -0.15) is 0 Å². The van der Waals surface area contributed by atoms with Gasteiger partial charge in [0.15, 0.2) is 0 Å². The summed E-state index contributed by atoms with van der Waals surface area (Å²) >= 11 is 0. The van der Waals surface area contributed by atoms with E-state index in [4.69, 9.17) is 4.74 Å². The quantitative estimate of drug-likeness (QED) is 0.167. The molecule has 0 aromatic heterocycles. The van der Waals surface area contributed by atoms with E-state index in [-0.39, 0.29) is 5.91 Å². The van der Waals surface area contributed by atoms with Crippen molar-refractivity contribution in [1.29, 1.82) is 0 Å². The summed E-state index contributed by atoms with van der Waals surface area (Å²) in [7, 11) is 1.67. The first-order valence-electron chi connectivity index (χ1n) is 12.0. The lowest BCUT2D eigenvalue weighted by Gasteiger charge is -2.17. The predicted molar refractivity (Wildman–Crippen MR) is 145 cm³/mol. The second-order valence-electron chi connectivity index (χ2n) is 8.06. The van der Waals surface area contributed by atoms with Crippen LogP contribution < -0.4 is 15.4 Å². The minimum absolute atomic E-state index is 0.0307. The second-order valence-corrected chi connectivity index (χ2v) is 8.06. The summed E-state index contributed by atoms with van der Waals surface area (Å²) in [6.45, 7) is 11.9. The highest BCUT2D eigenvalue weighted by atomic mass is 16.5. The molecule has 0 saturated heterocycles. The molecule has 0 fully saturated rings. The summed E-state index contributed by atoms with van der Waals surface area (Å²) in [5, 5.41) is 6.44. The van der Waals surface area contributed by atoms with Crippen LogP contribution >= 0.6 is 0 Å². The summed E-state index contributed by atoms with van der Waals surface area (Å²) in [5.41, 5.74) is 4.72. The Labute approximate surface area is 205 Å². The minimum Gasteiger partial charge on any atom is -0.497 e. The summed E-state index contributed by atoms with van der Waals surface area (Å²) in [4.78, 5) is 14.8. The molecule has 0 saturated carbocycles. The van der Waals surface area contributed by atoms with Crippen molar-refractivity contribution in [2.75, 3.05) is 38.6 Å². The molecular formula is C29H39N3O2. The van der Waals surface area contributed by atoms with Gasteiger partial charge in [0.2, 0.25) is 5.91 Å². The van der Waals surface area contributed by atoms with Gasteiger partial charge < -0.3 is 20.3 Å². The van der Waals surface area contributed by atoms with Crippen molar-refractivity contribution in [3.05, 3.63) is 83.1 Å². The van der Waals surface area contributed by atoms with Gasteiger partial charge in [0.25, 0.3) is 0 Å². The fourth-order valence-corrected chi connectivity index (χ4v) is 3.47. The van der Waals surface area contributed by atoms with Crippen molar-refractivity contribution >= 4 is 23.7 Å². The van der Waals surface area contributed by atoms with Crippen LogP contribution in [-0.2, 0) is 4.79 Å². The third kappa shape index (κ3) is 9.28. The molecule has 0 aliphatic carbocycles. The zero-order chi connectivity index (χ0) is 24.8. The summed E-state index contributed by atoms with van der Waals surface area (Å²) in [6, 6.07) is 16.1. The van der Waals surface area contributed by atoms with Gasteiger partial charge in [0.05, 0.1) is 7.11 Å². The maximum Gasteiger partial charge on any atom is 0.246 e. The second kappa shape index (κ2) is 14.8. The molecule has 0 heterocycles. The number of hydrogen-bond acceptors (Lipinski definition) is 4. The number of ether oxygens (including phenoxy) is 1. The number of hydrogen-bond donors (Lipinski definition) is 2. The lowest BCUT2D eigenvalue weighted by molar-refractivity contribution is -0.117. The number of allylic oxidation sites excluding steroid dienone is 2. The Bertz CT molecular complexity index is 987. The topological polar surface area (TPSA) is 53.6 Å². The molecule has 182 valence electrons. The van der Waals surface area contributed by atoms with Crippen LogP contribution in [0.15, 0.2) is 72.0 Å². The SMILES string of the molecule is C/C=C(\C=C(/C)C(=O)NCCCN(CC)CC)Nc1cccc(/C=C/c2ccc(OC)cc2)c1. The molecule has 0 spiro atoms. The van der Waals surface area contributed by atoms with Gasteiger partial charge in [-0.25, -0.2) is 0 Å². The molecule has 5 heteroatoms. The van der Waals surface area contributed by atoms with Crippen molar-refractivity contribution in [2.24, 2.45) is 0 Å². The Kier molecular flexibility index (Phi) is 11.7. The maximum atomic E-state index is 12.5. The Balaban J connectivity index is 1.94. The van der Waals surface area contributed by atoms with E-state index >= 15 is 0 Å². The van der Waals surface area contributed by atoms with Crippen LogP contribution in [0.4, 0.5) is 5.69 Å². The van der Waals surface area contributed by atoms with Crippen LogP contribution in [0.1, 0.15) is 45.2 Å². The van der Waals surface area contributed by atoms with Crippen LogP contribution in [0.5, 0.6) is 5.75 Å². The first kappa shape index (κ1) is 26.9. The van der Waals surface area contributed by atoms with Gasteiger partial charge in [-0.05, 0) is 81.4 Å². The molecule has 0 aliphatic rings. The van der Waals surface area contributed by atoms with Crippen LogP contribution in [0.25, 0.3) is 12.2 Å². The fraction of sp³-hybridized carbons (Fsp3) is 0.345. The van der Waals surface area contributed by atoms with Gasteiger partial charge in [0.1, 0.15) is 5.75 Å². The minimum atomic E-state index is -0.0307. The van der Waals surface area contributed by atoms with Crippen molar-refractivity contribution in [3.63, 3.8) is 0 Å². The molecule has 0 atom stereocenters. The molecular weight excluding hydrogens is 422 g/mol. The number of methoxy groups -OCH3 is 1. The van der Waals surface area contributed by atoms with E-state index < -0.39 is 0 Å². The van der Waals surface area contributed by atoms with Crippen LogP contribution in [0, 0.1) is 0 Å². The number of nitrogens with one attached hydrogen (secondary N) is 2. The molecule has 0 aliphatic heterocycles. The first-order valence-corrected chi connectivity index (χ1v) is 12.0. The summed E-state index contributed by atoms with van der Waals surface area (Å²) in [6.07, 6.45) is 8.96. The third-order valence-corrected chi connectivity index (χ3v) is 5.63. The van der Waals surface area contributed by atoms with E-state index in [0.717, 1.165) is 54.3 Å². The van der Waals surface area contributed by atoms with Crippen LogP contribution in [0.3, 0.4) is 0 Å². The number of benzene rings is 2. The highest BCUT2D eigenvalue weighted by molar-refractivity contribution is 5.93. The highest BCUT2D eigenvalue weighted by Crippen LogP contribution is 2.18. The number of carbonyl (C=O) groups excluding carboxylic acids is 1. The van der Waals surface area contributed by atoms with Crippen molar-refractivity contribution in [1.82, 2.24) is 10.2 Å². The van der Waals surface area contributed by atoms with Gasteiger partial charge in [-0.1, -0.05) is 56.3 Å². The van der Waals surface area contributed by atoms with E-state index in [1.165, 1.54) is 0 Å². The normalized spacial score (nSPS) is 12.3. The fourth-order valence-electron chi connectivity index (χ4n) is 3.47. The Morgan fingerprint density at radius 3 is 2.38 bits per heavy atom. The van der Waals surface area contributed by atoms with E-state index in [0.29, 0.717) is 12.1 Å². The molecule has 1 amide bonds. The average molecular weight is 462 g/mol. The largest absolute Gasteiger partial charge is 0.497 e. The number of nitrogens with zero attached hydrogens (tertiary/aromatic N) is 1. The summed E-state index contributed by atoms with van der Waals surface area (Å²) in [5.74, 6) is 0.816. The van der Waals surface area contributed by atoms with E-state index in [1.54, 1.807) is 7.11 Å². The number of rotatable bonds is 13. The van der Waals surface area contributed by atoms with E-state index in [9.17, 15) is 4.79 Å². The van der Waals surface area contributed by atoms with Crippen molar-refractivity contribution in [3.8, 4) is 5.75 Å². The molecule has 0 radical (unpaired) electrons. The average Bonchev–Trinajstić information content (AvgIpc) is 2.87. The molecule has 2 rings (SSSR count). The van der Waals surface area contributed by atoms with Crippen molar-refractivity contribution in [2.45, 2.75) is 34.1 Å². The monoisotopic (exact) mass is 461 g/mol. The summed E-state index contributed by atoms with van der Waals surface area (Å²) < 4.78 is 5.21. The number of amides is 1. The predicted octanol–water partition coefficient (Wildman–Crippen LogP) is 5.98. The molecule has 34 heavy (non-hydrogen) atoms. The maximum absolute atomic E-state index is 12.5. The lowest BCUT2D eigenvalue weighted by atomic mass is 10.1. The molecule has 2 aromatic rings. The van der Waals surface area contributed by atoms with Gasteiger partial charge in [-0.3, -0.25) is 4.79 Å². The van der Waals surface area contributed by atoms with Gasteiger partial charge in [0, 0.05) is 23.5 Å². The Morgan fingerprint density at radius 1 is 1.03 bits per heavy atom. The molecule has 2 N–H and O–H groups in total. The molecule has 0 bridgehead atoms. The number of anilines is 1. The lowest BCUT2D eigenvalue weighted by Crippen LogP contribution is -2.30. The van der Waals surface area contributed by atoms with Gasteiger partial charge in [-0.15, -0.1) is 0 Å². The molecule has 0 unspecified atom stereocenters. The third-order valence-electron chi connectivity index (χ3n) is 5.63. The molecule has 5 nitrogen and oxygen atoms in total. The standard InChI is InChI=1S/C29H39N3O2/c1-6-26(21-23(4)29(33)30-19-10-20-32(7-2)8-3)31-27-12-9-11-25(22-27)14-13-24-15-17-28(34-5)18-16-24/h6,9,11-18,21-22,31H,7-8,10,19-20H2,1-5H3,(H,30,33)/b14-13+,23-21+,26-6+. The van der Waals surface area contributed by atoms with E-state index in [2.05, 4.69) is 53.7 Å². The Hall–Kier alpha value is -3.31. The highest BCUT2D eigenvalue weighted by Gasteiger charge is 2.06. The smallest absolute Gasteiger partial charge is 0.246 e. The van der Waals surface area contributed by atoms with E-state index in [1.807, 2.05) is 62.4 Å². The van der Waals surface area contributed by atoms with Crippen LogP contribution in [0.2, 0.25) is 0 Å². The Morgan fingerprint density at radius 2 is 1.74 bits per heavy atom. The van der Waals surface area contributed by atoms with Crippen LogP contribution in [-0.4, -0.2) is 44.1 Å².